The molecule has 0 atom stereocenters. The largest absolute Gasteiger partial charge is 0.507 e. The summed E-state index contributed by atoms with van der Waals surface area (Å²) in [5.41, 5.74) is -0.131. The number of nitro groups is 1. The van der Waals surface area contributed by atoms with E-state index in [4.69, 9.17) is 0 Å². The Labute approximate surface area is 138 Å². The molecule has 1 aromatic carbocycles. The molecule has 0 spiro atoms. The smallest absolute Gasteiger partial charge is 0.273 e. The van der Waals surface area contributed by atoms with E-state index in [9.17, 15) is 20.0 Å². The first-order valence-corrected chi connectivity index (χ1v) is 7.78. The third-order valence-corrected chi connectivity index (χ3v) is 4.33. The van der Waals surface area contributed by atoms with Crippen LogP contribution in [0.1, 0.15) is 23.2 Å². The number of phenolic OH excluding ortho intramolecular Hbond substituents is 1. The van der Waals surface area contributed by atoms with Crippen LogP contribution < -0.4 is 0 Å². The molecule has 0 unspecified atom stereocenters. The van der Waals surface area contributed by atoms with Crippen LogP contribution in [0.4, 0.5) is 5.69 Å². The van der Waals surface area contributed by atoms with Crippen LogP contribution in [0.25, 0.3) is 0 Å². The molecule has 8 nitrogen and oxygen atoms in total. The number of phenols is 1. The van der Waals surface area contributed by atoms with Crippen LogP contribution in [-0.2, 0) is 6.54 Å². The number of non-ortho nitro benzene ring substituents is 1. The summed E-state index contributed by atoms with van der Waals surface area (Å²) in [6.45, 7) is 2.03. The van der Waals surface area contributed by atoms with Crippen molar-refractivity contribution < 1.29 is 14.8 Å². The normalized spacial score (nSPS) is 15.4. The number of carbonyl (C=O) groups is 1. The molecule has 1 saturated heterocycles. The van der Waals surface area contributed by atoms with Crippen LogP contribution in [-0.4, -0.2) is 43.7 Å². The molecule has 0 bridgehead atoms. The number of aromatic hydroxyl groups is 1. The number of nitrogens with zero attached hydrogens (tertiary/aromatic N) is 4. The molecule has 0 saturated carbocycles. The molecule has 3 rings (SSSR count). The summed E-state index contributed by atoms with van der Waals surface area (Å²) in [5.74, 6) is -0.188. The van der Waals surface area contributed by atoms with Crippen LogP contribution in [0.15, 0.2) is 36.7 Å². The van der Waals surface area contributed by atoms with E-state index in [0.717, 1.165) is 25.5 Å². The van der Waals surface area contributed by atoms with Gasteiger partial charge in [-0.25, -0.2) is 0 Å². The van der Waals surface area contributed by atoms with Crippen molar-refractivity contribution in [2.24, 2.45) is 5.92 Å². The minimum absolute atomic E-state index is 0.103. The maximum atomic E-state index is 12.5. The lowest BCUT2D eigenvalue weighted by molar-refractivity contribution is -0.384. The SMILES string of the molecule is O=C(c1ccc([N+](=O)[O-])cc1O)N1CCC(Cn2cccn2)CC1. The number of nitro benzene ring substituents is 1. The van der Waals surface area contributed by atoms with Crippen molar-refractivity contribution in [3.8, 4) is 5.75 Å². The summed E-state index contributed by atoms with van der Waals surface area (Å²) in [5, 5.41) is 24.8. The predicted molar refractivity (Wildman–Crippen MR) is 85.6 cm³/mol. The molecule has 1 aliphatic heterocycles. The molecule has 1 N–H and O–H groups in total. The van der Waals surface area contributed by atoms with Gasteiger partial charge in [-0.3, -0.25) is 19.6 Å². The van der Waals surface area contributed by atoms with Gasteiger partial charge in [-0.2, -0.15) is 5.10 Å². The van der Waals surface area contributed by atoms with E-state index in [2.05, 4.69) is 5.10 Å². The summed E-state index contributed by atoms with van der Waals surface area (Å²) in [6.07, 6.45) is 5.39. The summed E-state index contributed by atoms with van der Waals surface area (Å²) in [7, 11) is 0. The molecule has 1 amide bonds. The number of hydrogen-bond donors (Lipinski definition) is 1. The highest BCUT2D eigenvalue weighted by Gasteiger charge is 2.26. The fourth-order valence-corrected chi connectivity index (χ4v) is 2.98. The lowest BCUT2D eigenvalue weighted by Crippen LogP contribution is -2.39. The highest BCUT2D eigenvalue weighted by atomic mass is 16.6. The fourth-order valence-electron chi connectivity index (χ4n) is 2.98. The van der Waals surface area contributed by atoms with E-state index in [0.29, 0.717) is 19.0 Å². The van der Waals surface area contributed by atoms with E-state index in [1.54, 1.807) is 11.1 Å². The first-order chi connectivity index (χ1) is 11.5. The van der Waals surface area contributed by atoms with Gasteiger partial charge in [0.25, 0.3) is 11.6 Å². The van der Waals surface area contributed by atoms with Gasteiger partial charge < -0.3 is 10.0 Å². The zero-order valence-electron chi connectivity index (χ0n) is 13.0. The Hall–Kier alpha value is -2.90. The van der Waals surface area contributed by atoms with Crippen molar-refractivity contribution in [1.29, 1.82) is 0 Å². The number of aromatic nitrogens is 2. The third-order valence-electron chi connectivity index (χ3n) is 4.33. The lowest BCUT2D eigenvalue weighted by Gasteiger charge is -2.32. The van der Waals surface area contributed by atoms with Crippen molar-refractivity contribution in [1.82, 2.24) is 14.7 Å². The molecular formula is C16H18N4O4. The summed E-state index contributed by atoms with van der Waals surface area (Å²) in [4.78, 5) is 24.3. The fraction of sp³-hybridized carbons (Fsp3) is 0.375. The number of hydrogen-bond acceptors (Lipinski definition) is 5. The minimum Gasteiger partial charge on any atom is -0.507 e. The molecular weight excluding hydrogens is 312 g/mol. The molecule has 24 heavy (non-hydrogen) atoms. The monoisotopic (exact) mass is 330 g/mol. The Kier molecular flexibility index (Phi) is 4.45. The predicted octanol–water partition coefficient (Wildman–Crippen LogP) is 2.05. The van der Waals surface area contributed by atoms with E-state index in [1.807, 2.05) is 16.9 Å². The standard InChI is InChI=1S/C16H18N4O4/c21-15-10-13(20(23)24)2-3-14(15)16(22)18-8-4-12(5-9-18)11-19-7-1-6-17-19/h1-3,6-7,10,12,21H,4-5,8-9,11H2. The minimum atomic E-state index is -0.602. The van der Waals surface area contributed by atoms with Crippen LogP contribution in [0, 0.1) is 16.0 Å². The maximum Gasteiger partial charge on any atom is 0.273 e. The quantitative estimate of drug-likeness (QED) is 0.683. The number of likely N-dealkylation sites (tertiary alicyclic amines) is 1. The highest BCUT2D eigenvalue weighted by Crippen LogP contribution is 2.27. The number of benzene rings is 1. The Bertz CT molecular complexity index is 737. The van der Waals surface area contributed by atoms with Gasteiger partial charge in [-0.1, -0.05) is 0 Å². The Morgan fingerprint density at radius 1 is 1.38 bits per heavy atom. The second-order valence-electron chi connectivity index (χ2n) is 5.92. The van der Waals surface area contributed by atoms with Gasteiger partial charge in [0, 0.05) is 38.1 Å². The number of rotatable bonds is 4. The first-order valence-electron chi connectivity index (χ1n) is 7.78. The third kappa shape index (κ3) is 3.37. The molecule has 0 radical (unpaired) electrons. The molecule has 0 aliphatic carbocycles. The van der Waals surface area contributed by atoms with E-state index in [-0.39, 0.29) is 22.9 Å². The van der Waals surface area contributed by atoms with Crippen LogP contribution >= 0.6 is 0 Å². The van der Waals surface area contributed by atoms with Crippen LogP contribution in [0.3, 0.4) is 0 Å². The van der Waals surface area contributed by atoms with Gasteiger partial charge in [0.2, 0.25) is 0 Å². The van der Waals surface area contributed by atoms with Crippen molar-refractivity contribution in [2.45, 2.75) is 19.4 Å². The highest BCUT2D eigenvalue weighted by molar-refractivity contribution is 5.97. The molecule has 8 heteroatoms. The van der Waals surface area contributed by atoms with Crippen molar-refractivity contribution in [3.05, 3.63) is 52.3 Å². The Balaban J connectivity index is 1.62. The van der Waals surface area contributed by atoms with Crippen LogP contribution in [0.5, 0.6) is 5.75 Å². The van der Waals surface area contributed by atoms with Gasteiger partial charge in [0.15, 0.2) is 0 Å². The summed E-state index contributed by atoms with van der Waals surface area (Å²) in [6, 6.07) is 5.44. The van der Waals surface area contributed by atoms with E-state index in [1.165, 1.54) is 12.1 Å². The lowest BCUT2D eigenvalue weighted by atomic mass is 9.96. The van der Waals surface area contributed by atoms with Gasteiger partial charge >= 0.3 is 0 Å². The van der Waals surface area contributed by atoms with Crippen LogP contribution in [0.2, 0.25) is 0 Å². The number of carbonyl (C=O) groups excluding carboxylic acids is 1. The van der Waals surface area contributed by atoms with Gasteiger partial charge in [0.1, 0.15) is 5.75 Å². The molecule has 1 aromatic heterocycles. The Morgan fingerprint density at radius 3 is 2.71 bits per heavy atom. The van der Waals surface area contributed by atoms with Gasteiger partial charge in [-0.05, 0) is 30.9 Å². The number of piperidine rings is 1. The summed E-state index contributed by atoms with van der Waals surface area (Å²) < 4.78 is 1.89. The van der Waals surface area contributed by atoms with E-state index < -0.39 is 4.92 Å². The molecule has 2 heterocycles. The van der Waals surface area contributed by atoms with Crippen molar-refractivity contribution in [2.75, 3.05) is 13.1 Å². The second kappa shape index (κ2) is 6.69. The average Bonchev–Trinajstić information content (AvgIpc) is 3.08. The topological polar surface area (TPSA) is 101 Å². The summed E-state index contributed by atoms with van der Waals surface area (Å²) >= 11 is 0. The molecule has 126 valence electrons. The molecule has 1 fully saturated rings. The first kappa shape index (κ1) is 16.0. The zero-order chi connectivity index (χ0) is 17.1. The second-order valence-corrected chi connectivity index (χ2v) is 5.92. The van der Waals surface area contributed by atoms with Crippen molar-refractivity contribution in [3.63, 3.8) is 0 Å². The van der Waals surface area contributed by atoms with E-state index >= 15 is 0 Å². The zero-order valence-corrected chi connectivity index (χ0v) is 13.0. The van der Waals surface area contributed by atoms with Gasteiger partial charge in [0.05, 0.1) is 16.6 Å². The van der Waals surface area contributed by atoms with Crippen molar-refractivity contribution >= 4 is 11.6 Å². The number of amides is 1. The molecule has 1 aliphatic rings. The van der Waals surface area contributed by atoms with Gasteiger partial charge in [-0.15, -0.1) is 0 Å². The maximum absolute atomic E-state index is 12.5. The average molecular weight is 330 g/mol. The molecule has 2 aromatic rings. The Morgan fingerprint density at radius 2 is 2.12 bits per heavy atom.